The zero-order chi connectivity index (χ0) is 14.7. The number of nitrogens with one attached hydrogen (secondary N) is 1. The molecule has 0 saturated heterocycles. The molecule has 0 spiro atoms. The molecule has 1 amide bonds. The minimum Gasteiger partial charge on any atom is -0.319 e. The number of aromatic nitrogens is 4. The molecular weight excluding hydrogens is 273 g/mol. The smallest absolute Gasteiger partial charge is 0.257 e. The highest BCUT2D eigenvalue weighted by molar-refractivity contribution is 6.06. The second-order valence-electron chi connectivity index (χ2n) is 4.21. The number of hydrogen-bond acceptors (Lipinski definition) is 4. The van der Waals surface area contributed by atoms with Crippen LogP contribution in [0.2, 0.25) is 0 Å². The predicted molar refractivity (Wildman–Crippen MR) is 73.5 cm³/mol. The van der Waals surface area contributed by atoms with Crippen LogP contribution in [0.25, 0.3) is 5.69 Å². The van der Waals surface area contributed by atoms with Gasteiger partial charge in [-0.25, -0.2) is 4.39 Å². The summed E-state index contributed by atoms with van der Waals surface area (Å²) in [6, 6.07) is 12.8. The number of carbonyl (C=O) groups excluding carboxylic acids is 1. The Labute approximate surface area is 119 Å². The van der Waals surface area contributed by atoms with Crippen LogP contribution < -0.4 is 5.32 Å². The van der Waals surface area contributed by atoms with Crippen molar-refractivity contribution >= 4 is 11.6 Å². The van der Waals surface area contributed by atoms with Gasteiger partial charge in [-0.3, -0.25) is 4.79 Å². The van der Waals surface area contributed by atoms with Crippen LogP contribution in [0.4, 0.5) is 10.1 Å². The van der Waals surface area contributed by atoms with E-state index in [0.29, 0.717) is 11.3 Å². The Balaban J connectivity index is 1.94. The van der Waals surface area contributed by atoms with Gasteiger partial charge in [0.15, 0.2) is 0 Å². The lowest BCUT2D eigenvalue weighted by atomic mass is 10.1. The summed E-state index contributed by atoms with van der Waals surface area (Å²) in [7, 11) is 0. The van der Waals surface area contributed by atoms with E-state index in [-0.39, 0.29) is 5.69 Å². The van der Waals surface area contributed by atoms with Crippen molar-refractivity contribution in [2.24, 2.45) is 0 Å². The first-order valence-electron chi connectivity index (χ1n) is 6.14. The van der Waals surface area contributed by atoms with Crippen LogP contribution in [0.3, 0.4) is 0 Å². The van der Waals surface area contributed by atoms with E-state index < -0.39 is 11.7 Å². The molecule has 0 unspecified atom stereocenters. The van der Waals surface area contributed by atoms with E-state index in [9.17, 15) is 9.18 Å². The third kappa shape index (κ3) is 2.62. The zero-order valence-corrected chi connectivity index (χ0v) is 10.8. The minimum absolute atomic E-state index is 0.119. The molecule has 7 heteroatoms. The van der Waals surface area contributed by atoms with Gasteiger partial charge in [-0.2, -0.15) is 4.68 Å². The fraction of sp³-hybridized carbons (Fsp3) is 0. The van der Waals surface area contributed by atoms with E-state index in [1.807, 2.05) is 0 Å². The summed E-state index contributed by atoms with van der Waals surface area (Å²) < 4.78 is 15.0. The van der Waals surface area contributed by atoms with E-state index in [4.69, 9.17) is 0 Å². The number of halogens is 1. The van der Waals surface area contributed by atoms with Crippen molar-refractivity contribution in [1.82, 2.24) is 20.2 Å². The van der Waals surface area contributed by atoms with Crippen molar-refractivity contribution in [3.05, 3.63) is 66.2 Å². The second-order valence-corrected chi connectivity index (χ2v) is 4.21. The second kappa shape index (κ2) is 5.49. The Hall–Kier alpha value is -3.09. The summed E-state index contributed by atoms with van der Waals surface area (Å²) in [4.78, 5) is 12.3. The van der Waals surface area contributed by atoms with Crippen molar-refractivity contribution in [3.8, 4) is 5.69 Å². The number of carbonyl (C=O) groups is 1. The van der Waals surface area contributed by atoms with E-state index in [2.05, 4.69) is 20.8 Å². The summed E-state index contributed by atoms with van der Waals surface area (Å²) in [6.07, 6.45) is 1.38. The number of nitrogens with zero attached hydrogens (tertiary/aromatic N) is 4. The highest BCUT2D eigenvalue weighted by Gasteiger charge is 2.14. The monoisotopic (exact) mass is 283 g/mol. The van der Waals surface area contributed by atoms with E-state index in [1.165, 1.54) is 23.1 Å². The summed E-state index contributed by atoms with van der Waals surface area (Å²) >= 11 is 0. The van der Waals surface area contributed by atoms with Crippen molar-refractivity contribution < 1.29 is 9.18 Å². The molecule has 1 N–H and O–H groups in total. The predicted octanol–water partition coefficient (Wildman–Crippen LogP) is 2.05. The van der Waals surface area contributed by atoms with Gasteiger partial charge in [-0.1, -0.05) is 24.3 Å². The van der Waals surface area contributed by atoms with Gasteiger partial charge < -0.3 is 5.32 Å². The molecule has 2 aromatic carbocycles. The van der Waals surface area contributed by atoms with Crippen LogP contribution in [0, 0.1) is 5.82 Å². The molecule has 0 aliphatic carbocycles. The number of amides is 1. The van der Waals surface area contributed by atoms with Crippen molar-refractivity contribution in [1.29, 1.82) is 0 Å². The third-order valence-electron chi connectivity index (χ3n) is 2.87. The minimum atomic E-state index is -0.495. The number of para-hydroxylation sites is 2. The molecule has 1 aromatic heterocycles. The Morgan fingerprint density at radius 1 is 1.10 bits per heavy atom. The number of rotatable bonds is 3. The van der Waals surface area contributed by atoms with E-state index >= 15 is 0 Å². The van der Waals surface area contributed by atoms with Gasteiger partial charge in [-0.05, 0) is 34.7 Å². The quantitative estimate of drug-likeness (QED) is 0.798. The Morgan fingerprint density at radius 2 is 1.86 bits per heavy atom. The van der Waals surface area contributed by atoms with Crippen LogP contribution in [-0.4, -0.2) is 26.1 Å². The lowest BCUT2D eigenvalue weighted by Gasteiger charge is -2.09. The Bertz CT molecular complexity index is 773. The van der Waals surface area contributed by atoms with Gasteiger partial charge in [0.25, 0.3) is 5.91 Å². The lowest BCUT2D eigenvalue weighted by Crippen LogP contribution is -2.16. The van der Waals surface area contributed by atoms with E-state index in [0.717, 1.165) is 0 Å². The molecule has 0 atom stereocenters. The molecular formula is C14H10FN5O. The maximum Gasteiger partial charge on any atom is 0.257 e. The lowest BCUT2D eigenvalue weighted by molar-refractivity contribution is 0.102. The topological polar surface area (TPSA) is 72.7 Å². The molecule has 6 nitrogen and oxygen atoms in total. The maximum absolute atomic E-state index is 13.6. The molecule has 0 aliphatic heterocycles. The largest absolute Gasteiger partial charge is 0.319 e. The van der Waals surface area contributed by atoms with Crippen LogP contribution in [0.15, 0.2) is 54.9 Å². The SMILES string of the molecule is O=C(Nc1ccccc1F)c1ccccc1-n1cnnn1. The fourth-order valence-corrected chi connectivity index (χ4v) is 1.89. The number of tetrazole rings is 1. The van der Waals surface area contributed by atoms with Gasteiger partial charge in [0.2, 0.25) is 0 Å². The molecule has 3 aromatic rings. The molecule has 0 radical (unpaired) electrons. The highest BCUT2D eigenvalue weighted by Crippen LogP contribution is 2.17. The normalized spacial score (nSPS) is 10.3. The van der Waals surface area contributed by atoms with Gasteiger partial charge in [-0.15, -0.1) is 5.10 Å². The molecule has 0 aliphatic rings. The van der Waals surface area contributed by atoms with Crippen LogP contribution >= 0.6 is 0 Å². The first kappa shape index (κ1) is 12.9. The van der Waals surface area contributed by atoms with Crippen molar-refractivity contribution in [2.45, 2.75) is 0 Å². The first-order valence-corrected chi connectivity index (χ1v) is 6.14. The van der Waals surface area contributed by atoms with Crippen LogP contribution in [0.1, 0.15) is 10.4 Å². The molecule has 1 heterocycles. The fourth-order valence-electron chi connectivity index (χ4n) is 1.89. The van der Waals surface area contributed by atoms with Gasteiger partial charge >= 0.3 is 0 Å². The van der Waals surface area contributed by atoms with Crippen molar-refractivity contribution in [2.75, 3.05) is 5.32 Å². The average molecular weight is 283 g/mol. The molecule has 0 fully saturated rings. The van der Waals surface area contributed by atoms with Crippen LogP contribution in [0.5, 0.6) is 0 Å². The summed E-state index contributed by atoms with van der Waals surface area (Å²) in [5.41, 5.74) is 0.971. The van der Waals surface area contributed by atoms with E-state index in [1.54, 1.807) is 36.4 Å². The molecule has 0 saturated carbocycles. The van der Waals surface area contributed by atoms with Gasteiger partial charge in [0, 0.05) is 0 Å². The standard InChI is InChI=1S/C14H10FN5O/c15-11-6-2-3-7-12(11)17-14(21)10-5-1-4-8-13(10)20-9-16-18-19-20/h1-9H,(H,17,21). The molecule has 21 heavy (non-hydrogen) atoms. The Kier molecular flexibility index (Phi) is 3.38. The third-order valence-corrected chi connectivity index (χ3v) is 2.87. The Morgan fingerprint density at radius 3 is 2.62 bits per heavy atom. The van der Waals surface area contributed by atoms with Gasteiger partial charge in [0.05, 0.1) is 16.9 Å². The highest BCUT2D eigenvalue weighted by atomic mass is 19.1. The van der Waals surface area contributed by atoms with Crippen molar-refractivity contribution in [3.63, 3.8) is 0 Å². The summed E-state index contributed by atoms with van der Waals surface area (Å²) in [5, 5.41) is 13.4. The van der Waals surface area contributed by atoms with Crippen LogP contribution in [-0.2, 0) is 0 Å². The summed E-state index contributed by atoms with van der Waals surface area (Å²) in [6.45, 7) is 0. The summed E-state index contributed by atoms with van der Waals surface area (Å²) in [5.74, 6) is -0.933. The number of anilines is 1. The molecule has 0 bridgehead atoms. The maximum atomic E-state index is 13.6. The van der Waals surface area contributed by atoms with Gasteiger partial charge in [0.1, 0.15) is 12.1 Å². The number of benzene rings is 2. The molecule has 104 valence electrons. The first-order chi connectivity index (χ1) is 10.3. The number of hydrogen-bond donors (Lipinski definition) is 1. The zero-order valence-electron chi connectivity index (χ0n) is 10.8. The average Bonchev–Trinajstić information content (AvgIpc) is 3.04. The molecule has 3 rings (SSSR count).